The summed E-state index contributed by atoms with van der Waals surface area (Å²) in [6.07, 6.45) is -0.247. The van der Waals surface area contributed by atoms with E-state index in [1.165, 1.54) is 4.31 Å². The molecule has 28 heavy (non-hydrogen) atoms. The van der Waals surface area contributed by atoms with Gasteiger partial charge in [-0.25, -0.2) is 8.42 Å². The maximum absolute atomic E-state index is 12.6. The summed E-state index contributed by atoms with van der Waals surface area (Å²) in [7, 11) is -1.90. The highest BCUT2D eigenvalue weighted by Gasteiger charge is 2.35. The molecule has 0 aromatic heterocycles. The van der Waals surface area contributed by atoms with E-state index < -0.39 is 16.1 Å². The number of ether oxygens (including phenoxy) is 2. The molecule has 0 unspecified atom stereocenters. The zero-order valence-corrected chi connectivity index (χ0v) is 16.7. The van der Waals surface area contributed by atoms with Crippen LogP contribution in [0.4, 0.5) is 5.69 Å². The van der Waals surface area contributed by atoms with Gasteiger partial charge in [-0.05, 0) is 43.2 Å². The maximum Gasteiger partial charge on any atom is 0.263 e. The number of benzene rings is 2. The largest absolute Gasteiger partial charge is 0.497 e. The van der Waals surface area contributed by atoms with Crippen molar-refractivity contribution >= 4 is 21.6 Å². The van der Waals surface area contributed by atoms with Crippen LogP contribution in [0.3, 0.4) is 0 Å². The third-order valence-corrected chi connectivity index (χ3v) is 6.35. The van der Waals surface area contributed by atoms with Gasteiger partial charge in [-0.2, -0.15) is 0 Å². The Labute approximate surface area is 165 Å². The van der Waals surface area contributed by atoms with E-state index in [2.05, 4.69) is 5.32 Å². The van der Waals surface area contributed by atoms with Crippen molar-refractivity contribution in [2.45, 2.75) is 19.4 Å². The average molecular weight is 404 g/mol. The van der Waals surface area contributed by atoms with Gasteiger partial charge in [0.1, 0.15) is 11.5 Å². The molecule has 0 spiro atoms. The van der Waals surface area contributed by atoms with Crippen LogP contribution in [0.25, 0.3) is 0 Å². The summed E-state index contributed by atoms with van der Waals surface area (Å²) in [6, 6.07) is 14.5. The van der Waals surface area contributed by atoms with Crippen molar-refractivity contribution in [1.82, 2.24) is 5.32 Å². The minimum atomic E-state index is -3.51. The van der Waals surface area contributed by atoms with E-state index >= 15 is 0 Å². The van der Waals surface area contributed by atoms with Crippen LogP contribution in [0.5, 0.6) is 11.5 Å². The Balaban J connectivity index is 1.65. The number of para-hydroxylation sites is 2. The van der Waals surface area contributed by atoms with E-state index in [-0.39, 0.29) is 18.2 Å². The number of methoxy groups -OCH3 is 1. The Morgan fingerprint density at radius 2 is 1.93 bits per heavy atom. The van der Waals surface area contributed by atoms with E-state index in [0.717, 1.165) is 11.3 Å². The van der Waals surface area contributed by atoms with Gasteiger partial charge in [0.05, 0.1) is 25.1 Å². The first-order chi connectivity index (χ1) is 13.4. The van der Waals surface area contributed by atoms with Gasteiger partial charge in [0.25, 0.3) is 5.91 Å². The first-order valence-corrected chi connectivity index (χ1v) is 10.7. The fourth-order valence-corrected chi connectivity index (χ4v) is 4.12. The molecule has 1 amide bonds. The summed E-state index contributed by atoms with van der Waals surface area (Å²) >= 11 is 0. The topological polar surface area (TPSA) is 84.9 Å². The summed E-state index contributed by atoms with van der Waals surface area (Å²) in [5.41, 5.74) is 1.53. The second kappa shape index (κ2) is 8.52. The molecule has 3 rings (SSSR count). The molecule has 1 atom stereocenters. The lowest BCUT2D eigenvalue weighted by molar-refractivity contribution is -0.127. The second-order valence-electron chi connectivity index (χ2n) is 6.39. The summed E-state index contributed by atoms with van der Waals surface area (Å²) in [5.74, 6) is 0.785. The first kappa shape index (κ1) is 20.0. The number of anilines is 1. The van der Waals surface area contributed by atoms with Crippen LogP contribution in [0.15, 0.2) is 48.5 Å². The summed E-state index contributed by atoms with van der Waals surface area (Å²) in [5, 5.41) is 2.83. The standard InChI is InChI=1S/C20H24N2O5S/c1-3-28(24,25)22-14-19(27-18-7-5-4-6-17(18)22)20(23)21-13-12-15-8-10-16(26-2)11-9-15/h4-11,19H,3,12-14H2,1-2H3,(H,21,23)/t19-/m0/s1. The fourth-order valence-electron chi connectivity index (χ4n) is 2.99. The number of carbonyl (C=O) groups is 1. The van der Waals surface area contributed by atoms with E-state index in [4.69, 9.17) is 9.47 Å². The number of rotatable bonds is 7. The Hall–Kier alpha value is -2.74. The van der Waals surface area contributed by atoms with Crippen molar-refractivity contribution in [3.8, 4) is 11.5 Å². The molecule has 1 aliphatic heterocycles. The molecule has 8 heteroatoms. The fraction of sp³-hybridized carbons (Fsp3) is 0.350. The van der Waals surface area contributed by atoms with Gasteiger partial charge >= 0.3 is 0 Å². The summed E-state index contributed by atoms with van der Waals surface area (Å²) in [4.78, 5) is 12.6. The quantitative estimate of drug-likeness (QED) is 0.763. The monoisotopic (exact) mass is 404 g/mol. The molecule has 0 radical (unpaired) electrons. The number of hydrogen-bond acceptors (Lipinski definition) is 5. The van der Waals surface area contributed by atoms with E-state index in [0.29, 0.717) is 24.4 Å². The summed E-state index contributed by atoms with van der Waals surface area (Å²) in [6.45, 7) is 1.96. The number of sulfonamides is 1. The van der Waals surface area contributed by atoms with Crippen LogP contribution in [-0.4, -0.2) is 46.4 Å². The van der Waals surface area contributed by atoms with E-state index in [1.54, 1.807) is 38.3 Å². The highest BCUT2D eigenvalue weighted by atomic mass is 32.2. The Morgan fingerprint density at radius 3 is 2.61 bits per heavy atom. The molecule has 1 N–H and O–H groups in total. The van der Waals surface area contributed by atoms with Gasteiger partial charge in [0.2, 0.25) is 10.0 Å². The molecule has 2 aromatic carbocycles. The van der Waals surface area contributed by atoms with Gasteiger partial charge < -0.3 is 14.8 Å². The number of amides is 1. The lowest BCUT2D eigenvalue weighted by Gasteiger charge is -2.34. The normalized spacial score (nSPS) is 16.1. The third kappa shape index (κ3) is 4.39. The minimum absolute atomic E-state index is 0.0401. The predicted molar refractivity (Wildman–Crippen MR) is 107 cm³/mol. The molecule has 0 saturated carbocycles. The molecule has 0 aliphatic carbocycles. The zero-order valence-electron chi connectivity index (χ0n) is 15.9. The van der Waals surface area contributed by atoms with Crippen LogP contribution >= 0.6 is 0 Å². The molecular formula is C20H24N2O5S. The average Bonchev–Trinajstić information content (AvgIpc) is 2.73. The Morgan fingerprint density at radius 1 is 1.21 bits per heavy atom. The Bertz CT molecular complexity index is 928. The number of fused-ring (bicyclic) bond motifs is 1. The molecule has 0 saturated heterocycles. The van der Waals surface area contributed by atoms with Crippen molar-refractivity contribution in [2.24, 2.45) is 0 Å². The smallest absolute Gasteiger partial charge is 0.263 e. The lowest BCUT2D eigenvalue weighted by atomic mass is 10.1. The lowest BCUT2D eigenvalue weighted by Crippen LogP contribution is -2.51. The first-order valence-electron chi connectivity index (χ1n) is 9.11. The van der Waals surface area contributed by atoms with Crippen LogP contribution in [0.1, 0.15) is 12.5 Å². The molecule has 1 aliphatic rings. The van der Waals surface area contributed by atoms with Crippen molar-refractivity contribution in [3.63, 3.8) is 0 Å². The SMILES string of the molecule is CCS(=O)(=O)N1C[C@@H](C(=O)NCCc2ccc(OC)cc2)Oc2ccccc21. The molecule has 0 bridgehead atoms. The van der Waals surface area contributed by atoms with Crippen molar-refractivity contribution in [1.29, 1.82) is 0 Å². The third-order valence-electron chi connectivity index (χ3n) is 4.60. The van der Waals surface area contributed by atoms with Gasteiger partial charge in [-0.15, -0.1) is 0 Å². The highest BCUT2D eigenvalue weighted by Crippen LogP contribution is 2.35. The molecule has 1 heterocycles. The zero-order chi connectivity index (χ0) is 20.1. The van der Waals surface area contributed by atoms with Gasteiger partial charge in [0.15, 0.2) is 6.10 Å². The van der Waals surface area contributed by atoms with Gasteiger partial charge in [-0.1, -0.05) is 24.3 Å². The summed E-state index contributed by atoms with van der Waals surface area (Å²) < 4.78 is 37.1. The van der Waals surface area contributed by atoms with Crippen molar-refractivity contribution in [3.05, 3.63) is 54.1 Å². The highest BCUT2D eigenvalue weighted by molar-refractivity contribution is 7.92. The molecule has 2 aromatic rings. The molecule has 150 valence electrons. The molecule has 0 fully saturated rings. The second-order valence-corrected chi connectivity index (χ2v) is 8.58. The van der Waals surface area contributed by atoms with E-state index in [1.807, 2.05) is 24.3 Å². The van der Waals surface area contributed by atoms with E-state index in [9.17, 15) is 13.2 Å². The van der Waals surface area contributed by atoms with Crippen molar-refractivity contribution in [2.75, 3.05) is 30.3 Å². The van der Waals surface area contributed by atoms with Gasteiger partial charge in [-0.3, -0.25) is 9.10 Å². The minimum Gasteiger partial charge on any atom is -0.497 e. The predicted octanol–water partition coefficient (Wildman–Crippen LogP) is 1.97. The number of nitrogens with one attached hydrogen (secondary N) is 1. The van der Waals surface area contributed by atoms with Crippen LogP contribution < -0.4 is 19.1 Å². The number of hydrogen-bond donors (Lipinski definition) is 1. The van der Waals surface area contributed by atoms with Crippen LogP contribution in [-0.2, 0) is 21.2 Å². The van der Waals surface area contributed by atoms with Gasteiger partial charge in [0, 0.05) is 6.54 Å². The van der Waals surface area contributed by atoms with Crippen LogP contribution in [0, 0.1) is 0 Å². The van der Waals surface area contributed by atoms with Crippen LogP contribution in [0.2, 0.25) is 0 Å². The Kier molecular flexibility index (Phi) is 6.08. The maximum atomic E-state index is 12.6. The van der Waals surface area contributed by atoms with Crippen molar-refractivity contribution < 1.29 is 22.7 Å². The number of nitrogens with zero attached hydrogens (tertiary/aromatic N) is 1. The molecular weight excluding hydrogens is 380 g/mol. The number of carbonyl (C=O) groups excluding carboxylic acids is 1. The molecule has 7 nitrogen and oxygen atoms in total.